The molecule has 1 aromatic carbocycles. The van der Waals surface area contributed by atoms with Crippen LogP contribution in [0.4, 0.5) is 10.5 Å². The number of aliphatic hydroxyl groups excluding tert-OH is 1. The van der Waals surface area contributed by atoms with Crippen LogP contribution < -0.4 is 21.1 Å². The molecule has 3 rings (SSSR count). The predicted molar refractivity (Wildman–Crippen MR) is 123 cm³/mol. The molecule has 0 aliphatic carbocycles. The summed E-state index contributed by atoms with van der Waals surface area (Å²) in [6.45, 7) is 5.21. The number of urea groups is 1. The van der Waals surface area contributed by atoms with Crippen molar-refractivity contribution in [2.24, 2.45) is 5.92 Å². The van der Waals surface area contributed by atoms with E-state index in [1.54, 1.807) is 24.1 Å². The van der Waals surface area contributed by atoms with Crippen LogP contribution in [0.1, 0.15) is 39.5 Å². The number of likely N-dealkylation sites (N-methyl/N-ethyl adjacent to an activating group) is 1. The smallest absolute Gasteiger partial charge is 0.327 e. The summed E-state index contributed by atoms with van der Waals surface area (Å²) < 4.78 is 6.03. The molecule has 2 aliphatic rings. The SMILES string of the molecule is CC(C)CN1C(=O)N(C)C(=O)C2NC(CCCCCO)C(COc3cccc(N)c3)NC21. The Morgan fingerprint density at radius 3 is 2.62 bits per heavy atom. The monoisotopic (exact) mass is 447 g/mol. The van der Waals surface area contributed by atoms with Crippen LogP contribution in [0.2, 0.25) is 0 Å². The first-order chi connectivity index (χ1) is 15.3. The minimum atomic E-state index is -0.511. The molecule has 4 unspecified atom stereocenters. The molecule has 2 aliphatic heterocycles. The molecule has 0 bridgehead atoms. The van der Waals surface area contributed by atoms with Crippen molar-refractivity contribution in [1.29, 1.82) is 0 Å². The van der Waals surface area contributed by atoms with Crippen molar-refractivity contribution < 1.29 is 19.4 Å². The molecular weight excluding hydrogens is 410 g/mol. The van der Waals surface area contributed by atoms with Gasteiger partial charge in [-0.1, -0.05) is 32.8 Å². The number of anilines is 1. The number of piperazine rings is 1. The lowest BCUT2D eigenvalue weighted by atomic mass is 9.93. The van der Waals surface area contributed by atoms with E-state index in [0.29, 0.717) is 24.6 Å². The molecule has 2 heterocycles. The number of unbranched alkanes of at least 4 members (excludes halogenated alkanes) is 2. The highest BCUT2D eigenvalue weighted by Crippen LogP contribution is 2.24. The van der Waals surface area contributed by atoms with E-state index in [9.17, 15) is 9.59 Å². The van der Waals surface area contributed by atoms with Gasteiger partial charge in [-0.2, -0.15) is 0 Å². The predicted octanol–water partition coefficient (Wildman–Crippen LogP) is 1.38. The lowest BCUT2D eigenvalue weighted by Crippen LogP contribution is -2.79. The average molecular weight is 448 g/mol. The van der Waals surface area contributed by atoms with Crippen LogP contribution in [0.3, 0.4) is 0 Å². The number of benzene rings is 1. The summed E-state index contributed by atoms with van der Waals surface area (Å²) in [5.74, 6) is 0.729. The van der Waals surface area contributed by atoms with Gasteiger partial charge in [0, 0.05) is 38.0 Å². The number of nitrogens with one attached hydrogen (secondary N) is 2. The Morgan fingerprint density at radius 2 is 1.94 bits per heavy atom. The summed E-state index contributed by atoms with van der Waals surface area (Å²) >= 11 is 0. The number of rotatable bonds is 10. The quantitative estimate of drug-likeness (QED) is 0.316. The normalized spacial score (nSPS) is 25.9. The number of nitrogens with two attached hydrogens (primary N) is 1. The van der Waals surface area contributed by atoms with Gasteiger partial charge in [0.25, 0.3) is 5.91 Å². The van der Waals surface area contributed by atoms with E-state index in [-0.39, 0.29) is 36.5 Å². The van der Waals surface area contributed by atoms with Gasteiger partial charge in [0.1, 0.15) is 24.6 Å². The van der Waals surface area contributed by atoms with Crippen molar-refractivity contribution in [3.63, 3.8) is 0 Å². The number of hydrogen-bond donors (Lipinski definition) is 4. The molecule has 178 valence electrons. The highest BCUT2D eigenvalue weighted by atomic mass is 16.5. The summed E-state index contributed by atoms with van der Waals surface area (Å²) in [5, 5.41) is 16.2. The zero-order valence-electron chi connectivity index (χ0n) is 19.3. The number of imide groups is 1. The molecule has 0 spiro atoms. The number of hydrogen-bond acceptors (Lipinski definition) is 7. The number of nitrogen functional groups attached to an aromatic ring is 1. The maximum atomic E-state index is 12.9. The third-order valence-corrected chi connectivity index (χ3v) is 6.07. The topological polar surface area (TPSA) is 120 Å². The first-order valence-electron chi connectivity index (χ1n) is 11.5. The van der Waals surface area contributed by atoms with E-state index in [1.807, 2.05) is 12.1 Å². The number of carbonyl (C=O) groups is 2. The van der Waals surface area contributed by atoms with Gasteiger partial charge in [-0.25, -0.2) is 4.79 Å². The fourth-order valence-corrected chi connectivity index (χ4v) is 4.44. The summed E-state index contributed by atoms with van der Waals surface area (Å²) in [4.78, 5) is 28.8. The molecule has 32 heavy (non-hydrogen) atoms. The maximum absolute atomic E-state index is 12.9. The molecule has 2 fully saturated rings. The minimum Gasteiger partial charge on any atom is -0.492 e. The van der Waals surface area contributed by atoms with E-state index < -0.39 is 12.2 Å². The fraction of sp³-hybridized carbons (Fsp3) is 0.652. The largest absolute Gasteiger partial charge is 0.492 e. The lowest BCUT2D eigenvalue weighted by Gasteiger charge is -2.51. The molecule has 1 aromatic rings. The van der Waals surface area contributed by atoms with E-state index >= 15 is 0 Å². The Kier molecular flexibility index (Phi) is 8.33. The van der Waals surface area contributed by atoms with Crippen molar-refractivity contribution in [3.05, 3.63) is 24.3 Å². The van der Waals surface area contributed by atoms with Crippen LogP contribution in [-0.4, -0.2) is 77.9 Å². The highest BCUT2D eigenvalue weighted by molar-refractivity contribution is 6.00. The van der Waals surface area contributed by atoms with Gasteiger partial charge in [0.05, 0.1) is 6.04 Å². The van der Waals surface area contributed by atoms with E-state index in [1.165, 1.54) is 4.90 Å². The number of carbonyl (C=O) groups excluding carboxylic acids is 2. The van der Waals surface area contributed by atoms with Gasteiger partial charge in [-0.3, -0.25) is 20.3 Å². The summed E-state index contributed by atoms with van der Waals surface area (Å²) in [7, 11) is 1.54. The van der Waals surface area contributed by atoms with E-state index in [0.717, 1.165) is 25.7 Å². The molecule has 0 aromatic heterocycles. The molecule has 2 saturated heterocycles. The third kappa shape index (κ3) is 5.70. The van der Waals surface area contributed by atoms with Crippen LogP contribution in [0.25, 0.3) is 0 Å². The number of fused-ring (bicyclic) bond motifs is 1. The first-order valence-corrected chi connectivity index (χ1v) is 11.5. The Balaban J connectivity index is 1.78. The molecule has 9 nitrogen and oxygen atoms in total. The second kappa shape index (κ2) is 11.0. The molecule has 5 N–H and O–H groups in total. The van der Waals surface area contributed by atoms with Crippen molar-refractivity contribution >= 4 is 17.6 Å². The van der Waals surface area contributed by atoms with Crippen LogP contribution in [0, 0.1) is 5.92 Å². The summed E-state index contributed by atoms with van der Waals surface area (Å²) in [6.07, 6.45) is 2.99. The number of aliphatic hydroxyl groups is 1. The zero-order valence-corrected chi connectivity index (χ0v) is 19.3. The van der Waals surface area contributed by atoms with Crippen molar-refractivity contribution in [2.75, 3.05) is 32.5 Å². The zero-order chi connectivity index (χ0) is 23.3. The Hall–Kier alpha value is -2.36. The van der Waals surface area contributed by atoms with E-state index in [2.05, 4.69) is 24.5 Å². The molecule has 3 amide bonds. The van der Waals surface area contributed by atoms with Gasteiger partial charge in [-0.15, -0.1) is 0 Å². The fourth-order valence-electron chi connectivity index (χ4n) is 4.44. The van der Waals surface area contributed by atoms with Gasteiger partial charge in [0.15, 0.2) is 0 Å². The minimum absolute atomic E-state index is 0.0116. The van der Waals surface area contributed by atoms with Crippen LogP contribution >= 0.6 is 0 Å². The van der Waals surface area contributed by atoms with Crippen LogP contribution in [0.15, 0.2) is 24.3 Å². The van der Waals surface area contributed by atoms with Crippen LogP contribution in [-0.2, 0) is 4.79 Å². The number of ether oxygens (including phenoxy) is 1. The van der Waals surface area contributed by atoms with Gasteiger partial charge < -0.3 is 20.5 Å². The van der Waals surface area contributed by atoms with Gasteiger partial charge in [0.2, 0.25) is 0 Å². The number of nitrogens with zero attached hydrogens (tertiary/aromatic N) is 2. The lowest BCUT2D eigenvalue weighted by molar-refractivity contribution is -0.138. The van der Waals surface area contributed by atoms with Crippen molar-refractivity contribution in [2.45, 2.75) is 63.8 Å². The molecule has 9 heteroatoms. The number of amides is 3. The molecular formula is C23H37N5O4. The standard InChI is InChI=1S/C23H37N5O4/c1-15(2)13-28-21-20(22(30)27(3)23(28)31)25-18(10-5-4-6-11-29)19(26-21)14-32-17-9-7-8-16(24)12-17/h7-9,12,15,18-21,25-26,29H,4-6,10-11,13-14,24H2,1-3H3. The third-order valence-electron chi connectivity index (χ3n) is 6.07. The molecule has 4 atom stereocenters. The van der Waals surface area contributed by atoms with Gasteiger partial charge >= 0.3 is 6.03 Å². The Morgan fingerprint density at radius 1 is 1.16 bits per heavy atom. The maximum Gasteiger partial charge on any atom is 0.327 e. The molecule has 0 radical (unpaired) electrons. The highest BCUT2D eigenvalue weighted by Gasteiger charge is 2.50. The second-order valence-corrected chi connectivity index (χ2v) is 9.15. The second-order valence-electron chi connectivity index (χ2n) is 9.15. The van der Waals surface area contributed by atoms with Crippen molar-refractivity contribution in [3.8, 4) is 5.75 Å². The molecule has 0 saturated carbocycles. The van der Waals surface area contributed by atoms with Crippen LogP contribution in [0.5, 0.6) is 5.75 Å². The Labute approximate surface area is 190 Å². The summed E-state index contributed by atoms with van der Waals surface area (Å²) in [5.41, 5.74) is 6.50. The van der Waals surface area contributed by atoms with Gasteiger partial charge in [-0.05, 0) is 30.9 Å². The summed E-state index contributed by atoms with van der Waals surface area (Å²) in [6, 6.07) is 6.38. The average Bonchev–Trinajstić information content (AvgIpc) is 2.76. The Bertz CT molecular complexity index is 789. The van der Waals surface area contributed by atoms with E-state index in [4.69, 9.17) is 15.6 Å². The first kappa shape index (κ1) is 24.3. The van der Waals surface area contributed by atoms with Crippen molar-refractivity contribution in [1.82, 2.24) is 20.4 Å².